The minimum absolute atomic E-state index is 0.179. The summed E-state index contributed by atoms with van der Waals surface area (Å²) in [6.45, 7) is 5.33. The van der Waals surface area contributed by atoms with Crippen molar-refractivity contribution in [2.24, 2.45) is 5.73 Å². The SMILES string of the molecule is Cc1cc(NC(=O)CCC(C)(C)N)c(Cl)cc1F. The summed E-state index contributed by atoms with van der Waals surface area (Å²) in [6.07, 6.45) is 0.868. The first-order valence-corrected chi connectivity index (χ1v) is 6.11. The predicted molar refractivity (Wildman–Crippen MR) is 72.3 cm³/mol. The first-order chi connectivity index (χ1) is 8.19. The zero-order chi connectivity index (χ0) is 13.9. The number of halogens is 2. The highest BCUT2D eigenvalue weighted by atomic mass is 35.5. The fourth-order valence-electron chi connectivity index (χ4n) is 1.40. The Morgan fingerprint density at radius 1 is 1.50 bits per heavy atom. The molecule has 3 nitrogen and oxygen atoms in total. The average Bonchev–Trinajstić information content (AvgIpc) is 2.22. The number of amides is 1. The molecule has 0 fully saturated rings. The van der Waals surface area contributed by atoms with Crippen LogP contribution in [0.1, 0.15) is 32.3 Å². The van der Waals surface area contributed by atoms with E-state index in [0.717, 1.165) is 0 Å². The second-order valence-electron chi connectivity index (χ2n) is 5.12. The molecule has 1 aromatic rings. The summed E-state index contributed by atoms with van der Waals surface area (Å²) in [7, 11) is 0. The van der Waals surface area contributed by atoms with E-state index in [9.17, 15) is 9.18 Å². The van der Waals surface area contributed by atoms with Crippen LogP contribution in [0.25, 0.3) is 0 Å². The maximum Gasteiger partial charge on any atom is 0.224 e. The van der Waals surface area contributed by atoms with Gasteiger partial charge in [-0.2, -0.15) is 0 Å². The highest BCUT2D eigenvalue weighted by Gasteiger charge is 2.14. The Hall–Kier alpha value is -1.13. The second-order valence-corrected chi connectivity index (χ2v) is 5.53. The number of aryl methyl sites for hydroxylation is 1. The molecule has 0 saturated heterocycles. The van der Waals surface area contributed by atoms with Crippen molar-refractivity contribution in [3.63, 3.8) is 0 Å². The first kappa shape index (κ1) is 14.9. The summed E-state index contributed by atoms with van der Waals surface area (Å²) in [4.78, 5) is 11.7. The van der Waals surface area contributed by atoms with E-state index in [1.54, 1.807) is 6.92 Å². The normalized spacial score (nSPS) is 11.4. The smallest absolute Gasteiger partial charge is 0.224 e. The number of nitrogens with one attached hydrogen (secondary N) is 1. The van der Waals surface area contributed by atoms with Crippen molar-refractivity contribution in [2.45, 2.75) is 39.2 Å². The van der Waals surface area contributed by atoms with Crippen LogP contribution in [0.4, 0.5) is 10.1 Å². The van der Waals surface area contributed by atoms with E-state index in [0.29, 0.717) is 24.1 Å². The number of hydrogen-bond donors (Lipinski definition) is 2. The quantitative estimate of drug-likeness (QED) is 0.884. The number of carbonyl (C=O) groups excluding carboxylic acids is 1. The highest BCUT2D eigenvalue weighted by Crippen LogP contribution is 2.25. The van der Waals surface area contributed by atoms with Crippen molar-refractivity contribution in [1.29, 1.82) is 0 Å². The molecule has 1 amide bonds. The maximum atomic E-state index is 13.2. The highest BCUT2D eigenvalue weighted by molar-refractivity contribution is 6.33. The van der Waals surface area contributed by atoms with Crippen LogP contribution in [-0.4, -0.2) is 11.4 Å². The monoisotopic (exact) mass is 272 g/mol. The Labute approximate surface area is 112 Å². The molecule has 100 valence electrons. The summed E-state index contributed by atoms with van der Waals surface area (Å²) in [5.74, 6) is -0.567. The van der Waals surface area contributed by atoms with E-state index >= 15 is 0 Å². The molecule has 1 rings (SSSR count). The van der Waals surface area contributed by atoms with Crippen molar-refractivity contribution < 1.29 is 9.18 Å². The number of benzene rings is 1. The molecule has 3 N–H and O–H groups in total. The fraction of sp³-hybridized carbons (Fsp3) is 0.462. The van der Waals surface area contributed by atoms with Crippen LogP contribution in [-0.2, 0) is 4.79 Å². The van der Waals surface area contributed by atoms with Crippen LogP contribution in [0.2, 0.25) is 5.02 Å². The van der Waals surface area contributed by atoms with E-state index < -0.39 is 0 Å². The van der Waals surface area contributed by atoms with Gasteiger partial charge in [0.2, 0.25) is 5.91 Å². The van der Waals surface area contributed by atoms with E-state index in [-0.39, 0.29) is 22.3 Å². The number of nitrogens with two attached hydrogens (primary N) is 1. The molecule has 0 aliphatic heterocycles. The maximum absolute atomic E-state index is 13.2. The van der Waals surface area contributed by atoms with Crippen LogP contribution in [0.3, 0.4) is 0 Å². The van der Waals surface area contributed by atoms with Crippen LogP contribution in [0, 0.1) is 12.7 Å². The average molecular weight is 273 g/mol. The van der Waals surface area contributed by atoms with Gasteiger partial charge < -0.3 is 11.1 Å². The lowest BCUT2D eigenvalue weighted by Gasteiger charge is -2.17. The van der Waals surface area contributed by atoms with Crippen molar-refractivity contribution in [3.8, 4) is 0 Å². The summed E-state index contributed by atoms with van der Waals surface area (Å²) >= 11 is 5.86. The molecule has 18 heavy (non-hydrogen) atoms. The Kier molecular flexibility index (Phi) is 4.71. The predicted octanol–water partition coefficient (Wildman–Crippen LogP) is 3.24. The molecule has 0 aliphatic rings. The fourth-order valence-corrected chi connectivity index (χ4v) is 1.60. The Morgan fingerprint density at radius 2 is 2.11 bits per heavy atom. The second kappa shape index (κ2) is 5.67. The summed E-state index contributed by atoms with van der Waals surface area (Å²) in [5, 5.41) is 2.85. The minimum Gasteiger partial charge on any atom is -0.326 e. The first-order valence-electron chi connectivity index (χ1n) is 5.73. The molecule has 0 saturated carbocycles. The lowest BCUT2D eigenvalue weighted by atomic mass is 10.00. The van der Waals surface area contributed by atoms with Crippen LogP contribution in [0.15, 0.2) is 12.1 Å². The van der Waals surface area contributed by atoms with Gasteiger partial charge >= 0.3 is 0 Å². The van der Waals surface area contributed by atoms with Crippen LogP contribution < -0.4 is 11.1 Å². The Morgan fingerprint density at radius 3 is 2.67 bits per heavy atom. The third-order valence-electron chi connectivity index (χ3n) is 2.52. The van der Waals surface area contributed by atoms with Gasteiger partial charge in [-0.25, -0.2) is 4.39 Å². The molecule has 0 radical (unpaired) electrons. The van der Waals surface area contributed by atoms with Gasteiger partial charge in [-0.3, -0.25) is 4.79 Å². The van der Waals surface area contributed by atoms with Gasteiger partial charge in [-0.15, -0.1) is 0 Å². The van der Waals surface area contributed by atoms with Crippen LogP contribution >= 0.6 is 11.6 Å². The van der Waals surface area contributed by atoms with Gasteiger partial charge in [-0.05, 0) is 44.9 Å². The minimum atomic E-state index is -0.389. The lowest BCUT2D eigenvalue weighted by molar-refractivity contribution is -0.116. The van der Waals surface area contributed by atoms with Crippen molar-refractivity contribution >= 4 is 23.2 Å². The van der Waals surface area contributed by atoms with E-state index in [1.807, 2.05) is 13.8 Å². The largest absolute Gasteiger partial charge is 0.326 e. The van der Waals surface area contributed by atoms with Gasteiger partial charge in [0, 0.05) is 12.0 Å². The molecule has 0 unspecified atom stereocenters. The number of anilines is 1. The van der Waals surface area contributed by atoms with Crippen molar-refractivity contribution in [2.75, 3.05) is 5.32 Å². The molecule has 0 heterocycles. The molecule has 0 spiro atoms. The third-order valence-corrected chi connectivity index (χ3v) is 2.83. The molecule has 5 heteroatoms. The molecular weight excluding hydrogens is 255 g/mol. The molecule has 0 aliphatic carbocycles. The van der Waals surface area contributed by atoms with Gasteiger partial charge in [0.05, 0.1) is 10.7 Å². The molecule has 0 aromatic heterocycles. The van der Waals surface area contributed by atoms with Crippen molar-refractivity contribution in [1.82, 2.24) is 0 Å². The van der Waals surface area contributed by atoms with E-state index in [4.69, 9.17) is 17.3 Å². The zero-order valence-electron chi connectivity index (χ0n) is 10.8. The lowest BCUT2D eigenvalue weighted by Crippen LogP contribution is -2.33. The summed E-state index contributed by atoms with van der Waals surface area (Å²) in [6, 6.07) is 2.71. The zero-order valence-corrected chi connectivity index (χ0v) is 11.6. The molecule has 1 aromatic carbocycles. The van der Waals surface area contributed by atoms with Crippen LogP contribution in [0.5, 0.6) is 0 Å². The van der Waals surface area contributed by atoms with E-state index in [2.05, 4.69) is 5.32 Å². The molecular formula is C13H18ClFN2O. The summed E-state index contributed by atoms with van der Waals surface area (Å²) in [5.41, 5.74) is 6.27. The number of carbonyl (C=O) groups is 1. The van der Waals surface area contributed by atoms with Gasteiger partial charge in [0.25, 0.3) is 0 Å². The molecule has 0 bridgehead atoms. The number of rotatable bonds is 4. The summed E-state index contributed by atoms with van der Waals surface area (Å²) < 4.78 is 13.2. The molecule has 0 atom stereocenters. The van der Waals surface area contributed by atoms with E-state index in [1.165, 1.54) is 12.1 Å². The Bertz CT molecular complexity index is 455. The Balaban J connectivity index is 2.68. The van der Waals surface area contributed by atoms with Gasteiger partial charge in [0.15, 0.2) is 0 Å². The van der Waals surface area contributed by atoms with Gasteiger partial charge in [-0.1, -0.05) is 11.6 Å². The topological polar surface area (TPSA) is 55.1 Å². The standard InChI is InChI=1S/C13H18ClFN2O/c1-8-6-11(9(14)7-10(8)15)17-12(18)4-5-13(2,3)16/h6-7H,4-5,16H2,1-3H3,(H,17,18). The van der Waals surface area contributed by atoms with Crippen molar-refractivity contribution in [3.05, 3.63) is 28.5 Å². The number of hydrogen-bond acceptors (Lipinski definition) is 2. The van der Waals surface area contributed by atoms with Gasteiger partial charge in [0.1, 0.15) is 5.82 Å². The third kappa shape index (κ3) is 4.63.